The van der Waals surface area contributed by atoms with Crippen LogP contribution in [0.5, 0.6) is 0 Å². The number of nitrogens with zero attached hydrogens (tertiary/aromatic N) is 3. The van der Waals surface area contributed by atoms with Crippen LogP contribution in [0.3, 0.4) is 0 Å². The van der Waals surface area contributed by atoms with Gasteiger partial charge in [0.1, 0.15) is 0 Å². The first-order chi connectivity index (χ1) is 39.7. The van der Waals surface area contributed by atoms with E-state index in [-0.39, 0.29) is 0 Å². The highest BCUT2D eigenvalue weighted by Gasteiger charge is 2.51. The highest BCUT2D eigenvalue weighted by molar-refractivity contribution is 6.12. The molecule has 15 aromatic rings. The Morgan fingerprint density at radius 2 is 0.713 bits per heavy atom. The number of benzene rings is 13. The summed E-state index contributed by atoms with van der Waals surface area (Å²) in [6, 6.07) is 111. The average Bonchev–Trinajstić information content (AvgIpc) is 3.63. The van der Waals surface area contributed by atoms with Crippen molar-refractivity contribution >= 4 is 71.4 Å². The predicted octanol–water partition coefficient (Wildman–Crippen LogP) is 20.2. The average molecular weight is 1020 g/mol. The van der Waals surface area contributed by atoms with Crippen molar-refractivity contribution in [2.75, 3.05) is 4.90 Å². The molecule has 0 bridgehead atoms. The van der Waals surface area contributed by atoms with Crippen LogP contribution in [0.2, 0.25) is 0 Å². The van der Waals surface area contributed by atoms with Crippen molar-refractivity contribution in [2.45, 2.75) is 5.41 Å². The SMILES string of the molecule is c1ccc(-n2c3ccccc3c3cc(-c4cc(-c5ccc(-n6c7ccccc7c7ccccc76)cc5)cc(N(c5ccc6c(c5)C5(c7ccccc7-c7ccccc75)c5ccccc5-6)c5cccc6ccccc56)c4)ccc32)cc1. The van der Waals surface area contributed by atoms with E-state index in [1.54, 1.807) is 0 Å². The molecule has 3 nitrogen and oxygen atoms in total. The minimum Gasteiger partial charge on any atom is -0.310 e. The highest BCUT2D eigenvalue weighted by atomic mass is 15.1. The molecule has 0 saturated carbocycles. The number of anilines is 3. The monoisotopic (exact) mass is 1020 g/mol. The Labute approximate surface area is 463 Å². The predicted molar refractivity (Wildman–Crippen MR) is 334 cm³/mol. The minimum absolute atomic E-state index is 0.501. The van der Waals surface area contributed by atoms with Gasteiger partial charge in [0.25, 0.3) is 0 Å². The molecule has 13 aromatic carbocycles. The molecule has 0 N–H and O–H groups in total. The summed E-state index contributed by atoms with van der Waals surface area (Å²) in [7, 11) is 0. The Hall–Kier alpha value is -10.5. The van der Waals surface area contributed by atoms with Crippen LogP contribution in [-0.4, -0.2) is 9.13 Å². The van der Waals surface area contributed by atoms with E-state index < -0.39 is 5.41 Å². The molecule has 0 radical (unpaired) electrons. The zero-order chi connectivity index (χ0) is 52.5. The minimum atomic E-state index is -0.501. The van der Waals surface area contributed by atoms with Crippen molar-refractivity contribution in [2.24, 2.45) is 0 Å². The molecule has 3 heteroatoms. The second-order valence-corrected chi connectivity index (χ2v) is 21.6. The van der Waals surface area contributed by atoms with Gasteiger partial charge in [0.2, 0.25) is 0 Å². The molecule has 372 valence electrons. The number of hydrogen-bond acceptors (Lipinski definition) is 1. The van der Waals surface area contributed by atoms with Crippen LogP contribution in [0.4, 0.5) is 17.1 Å². The number of para-hydroxylation sites is 4. The molecular weight excluding hydrogens is 967 g/mol. The Balaban J connectivity index is 0.917. The fourth-order valence-electron chi connectivity index (χ4n) is 14.1. The molecule has 0 atom stereocenters. The van der Waals surface area contributed by atoms with Crippen LogP contribution in [0.15, 0.2) is 297 Å². The summed E-state index contributed by atoms with van der Waals surface area (Å²) in [5.74, 6) is 0. The Morgan fingerprint density at radius 1 is 0.250 bits per heavy atom. The van der Waals surface area contributed by atoms with E-state index in [4.69, 9.17) is 0 Å². The fourth-order valence-corrected chi connectivity index (χ4v) is 14.1. The van der Waals surface area contributed by atoms with E-state index in [1.807, 2.05) is 0 Å². The smallest absolute Gasteiger partial charge is 0.0726 e. The molecule has 0 amide bonds. The van der Waals surface area contributed by atoms with Crippen molar-refractivity contribution in [3.05, 3.63) is 320 Å². The maximum absolute atomic E-state index is 2.53. The van der Waals surface area contributed by atoms with Gasteiger partial charge in [0.05, 0.1) is 33.2 Å². The first kappa shape index (κ1) is 44.6. The summed E-state index contributed by atoms with van der Waals surface area (Å²) in [4.78, 5) is 2.53. The Kier molecular flexibility index (Phi) is 9.63. The van der Waals surface area contributed by atoms with Gasteiger partial charge in [-0.1, -0.05) is 206 Å². The number of hydrogen-bond donors (Lipinski definition) is 0. The zero-order valence-electron chi connectivity index (χ0n) is 43.6. The van der Waals surface area contributed by atoms with Crippen molar-refractivity contribution in [3.8, 4) is 55.9 Å². The van der Waals surface area contributed by atoms with Crippen LogP contribution in [0.25, 0.3) is 110 Å². The fraction of sp³-hybridized carbons (Fsp3) is 0.0130. The van der Waals surface area contributed by atoms with Crippen LogP contribution in [-0.2, 0) is 5.41 Å². The third kappa shape index (κ3) is 6.37. The first-order valence-corrected chi connectivity index (χ1v) is 27.7. The topological polar surface area (TPSA) is 13.1 Å². The lowest BCUT2D eigenvalue weighted by atomic mass is 9.70. The van der Waals surface area contributed by atoms with Crippen LogP contribution in [0.1, 0.15) is 22.3 Å². The van der Waals surface area contributed by atoms with E-state index in [1.165, 1.54) is 98.9 Å². The number of rotatable bonds is 7. The molecule has 80 heavy (non-hydrogen) atoms. The second kappa shape index (κ2) is 17.3. The second-order valence-electron chi connectivity index (χ2n) is 21.6. The molecule has 2 heterocycles. The number of fused-ring (bicyclic) bond motifs is 17. The van der Waals surface area contributed by atoms with E-state index in [0.717, 1.165) is 50.7 Å². The summed E-state index contributed by atoms with van der Waals surface area (Å²) in [6.07, 6.45) is 0. The van der Waals surface area contributed by atoms with Gasteiger partial charge in [0.15, 0.2) is 0 Å². The summed E-state index contributed by atoms with van der Waals surface area (Å²) in [5.41, 5.74) is 24.8. The largest absolute Gasteiger partial charge is 0.310 e. The van der Waals surface area contributed by atoms with Gasteiger partial charge in [-0.25, -0.2) is 0 Å². The molecular formula is C77H49N3. The van der Waals surface area contributed by atoms with Crippen LogP contribution in [0, 0.1) is 0 Å². The zero-order valence-corrected chi connectivity index (χ0v) is 43.6. The summed E-state index contributed by atoms with van der Waals surface area (Å²) < 4.78 is 4.80. The quantitative estimate of drug-likeness (QED) is 0.155. The molecule has 0 fully saturated rings. The highest BCUT2D eigenvalue weighted by Crippen LogP contribution is 2.63. The lowest BCUT2D eigenvalue weighted by Crippen LogP contribution is -2.26. The summed E-state index contributed by atoms with van der Waals surface area (Å²) in [6.45, 7) is 0. The molecule has 2 aliphatic carbocycles. The van der Waals surface area contributed by atoms with Crippen LogP contribution >= 0.6 is 0 Å². The third-order valence-electron chi connectivity index (χ3n) is 17.5. The Bertz CT molecular complexity index is 4900. The van der Waals surface area contributed by atoms with Crippen molar-refractivity contribution < 1.29 is 0 Å². The molecule has 17 rings (SSSR count). The third-order valence-corrected chi connectivity index (χ3v) is 17.5. The maximum atomic E-state index is 2.53. The Morgan fingerprint density at radius 3 is 1.34 bits per heavy atom. The standard InChI is InChI=1S/C77H49N3/c1-2-21-55(22-3-1)79-75-35-17-11-29-66(75)67-48-52(39-44-76(67)79)54-45-53(50-37-40-56(41-38-50)80-73-33-15-9-27-64(73)65-28-10-16-34-74(65)80)46-58(47-54)78(72-36-18-20-51-19-4-5-23-59(51)72)57-42-43-63-62-26-8-14-32-70(62)77(71(63)49-57)68-30-12-6-24-60(68)61-25-7-13-31-69(61)77/h1-49H. The normalized spacial score (nSPS) is 12.8. The van der Waals surface area contributed by atoms with Gasteiger partial charge in [-0.3, -0.25) is 0 Å². The van der Waals surface area contributed by atoms with Gasteiger partial charge in [0, 0.05) is 49.7 Å². The van der Waals surface area contributed by atoms with E-state index in [9.17, 15) is 0 Å². The van der Waals surface area contributed by atoms with Crippen LogP contribution < -0.4 is 4.90 Å². The molecule has 1 spiro atoms. The van der Waals surface area contributed by atoms with Crippen molar-refractivity contribution in [1.29, 1.82) is 0 Å². The summed E-state index contributed by atoms with van der Waals surface area (Å²) in [5, 5.41) is 7.33. The van der Waals surface area contributed by atoms with Crippen molar-refractivity contribution in [1.82, 2.24) is 9.13 Å². The van der Waals surface area contributed by atoms with E-state index >= 15 is 0 Å². The van der Waals surface area contributed by atoms with Gasteiger partial charge in [-0.2, -0.15) is 0 Å². The van der Waals surface area contributed by atoms with E-state index in [0.29, 0.717) is 0 Å². The molecule has 0 unspecified atom stereocenters. The molecule has 0 aliphatic heterocycles. The van der Waals surface area contributed by atoms with Gasteiger partial charge < -0.3 is 14.0 Å². The maximum Gasteiger partial charge on any atom is 0.0726 e. The lowest BCUT2D eigenvalue weighted by Gasteiger charge is -2.32. The van der Waals surface area contributed by atoms with Gasteiger partial charge in [-0.05, 0) is 163 Å². The number of aromatic nitrogens is 2. The summed E-state index contributed by atoms with van der Waals surface area (Å²) >= 11 is 0. The molecule has 2 aliphatic rings. The van der Waals surface area contributed by atoms with Gasteiger partial charge in [-0.15, -0.1) is 0 Å². The molecule has 0 saturated heterocycles. The first-order valence-electron chi connectivity index (χ1n) is 27.7. The lowest BCUT2D eigenvalue weighted by molar-refractivity contribution is 0.793. The molecule has 2 aromatic heterocycles. The van der Waals surface area contributed by atoms with E-state index in [2.05, 4.69) is 311 Å². The van der Waals surface area contributed by atoms with Crippen molar-refractivity contribution in [3.63, 3.8) is 0 Å². The van der Waals surface area contributed by atoms with Gasteiger partial charge >= 0.3 is 0 Å².